The largest absolute Gasteiger partial charge is 0.497 e. The molecule has 1 fully saturated rings. The molecule has 8 heteroatoms. The Kier molecular flexibility index (Phi) is 4.78. The highest BCUT2D eigenvalue weighted by atomic mass is 16.5. The second-order valence-corrected chi connectivity index (χ2v) is 8.09. The summed E-state index contributed by atoms with van der Waals surface area (Å²) in [6, 6.07) is 16.0. The van der Waals surface area contributed by atoms with Crippen molar-refractivity contribution in [1.29, 1.82) is 0 Å². The lowest BCUT2D eigenvalue weighted by molar-refractivity contribution is -0.124. The number of rotatable bonds is 5. The van der Waals surface area contributed by atoms with E-state index in [-0.39, 0.29) is 12.4 Å². The topological polar surface area (TPSA) is 105 Å². The number of methoxy groups -OCH3 is 1. The van der Waals surface area contributed by atoms with Crippen molar-refractivity contribution < 1.29 is 19.4 Å². The molecule has 8 nitrogen and oxygen atoms in total. The van der Waals surface area contributed by atoms with Gasteiger partial charge >= 0.3 is 6.03 Å². The highest BCUT2D eigenvalue weighted by Crippen LogP contribution is 2.35. The van der Waals surface area contributed by atoms with Crippen LogP contribution in [0.1, 0.15) is 11.1 Å². The molecule has 166 valence electrons. The van der Waals surface area contributed by atoms with Crippen molar-refractivity contribution in [1.82, 2.24) is 20.2 Å². The molecule has 0 saturated carbocycles. The van der Waals surface area contributed by atoms with Crippen LogP contribution in [-0.2, 0) is 16.9 Å². The van der Waals surface area contributed by atoms with E-state index in [0.29, 0.717) is 16.7 Å². The number of hydrogen-bond donors (Lipinski definition) is 3. The summed E-state index contributed by atoms with van der Waals surface area (Å²) in [5, 5.41) is 17.4. The number of carbonyl (C=O) groups is 2. The summed E-state index contributed by atoms with van der Waals surface area (Å²) in [6.45, 7) is 1.99. The number of pyridine rings is 1. The predicted molar refractivity (Wildman–Crippen MR) is 123 cm³/mol. The van der Waals surface area contributed by atoms with E-state index in [1.165, 1.54) is 0 Å². The Morgan fingerprint density at radius 2 is 1.91 bits per heavy atom. The van der Waals surface area contributed by atoms with Crippen molar-refractivity contribution in [3.63, 3.8) is 0 Å². The smallest absolute Gasteiger partial charge is 0.322 e. The lowest BCUT2D eigenvalue weighted by Crippen LogP contribution is -2.47. The maximum atomic E-state index is 13.0. The normalized spacial score (nSPS) is 17.8. The van der Waals surface area contributed by atoms with Gasteiger partial charge in [-0.3, -0.25) is 15.1 Å². The first-order valence-electron chi connectivity index (χ1n) is 10.4. The predicted octanol–water partition coefficient (Wildman–Crippen LogP) is 3.46. The molecule has 3 amide bonds. The molecule has 1 aliphatic heterocycles. The summed E-state index contributed by atoms with van der Waals surface area (Å²) in [6.07, 6.45) is 3.48. The van der Waals surface area contributed by atoms with Gasteiger partial charge < -0.3 is 19.7 Å². The summed E-state index contributed by atoms with van der Waals surface area (Å²) < 4.78 is 6.81. The molecule has 0 bridgehead atoms. The van der Waals surface area contributed by atoms with Gasteiger partial charge in [0, 0.05) is 28.7 Å². The fourth-order valence-corrected chi connectivity index (χ4v) is 4.33. The minimum Gasteiger partial charge on any atom is -0.497 e. The first kappa shape index (κ1) is 20.6. The second-order valence-electron chi connectivity index (χ2n) is 8.09. The molecule has 0 aliphatic carbocycles. The van der Waals surface area contributed by atoms with Gasteiger partial charge in [0.05, 0.1) is 19.3 Å². The highest BCUT2D eigenvalue weighted by Gasteiger charge is 2.48. The maximum absolute atomic E-state index is 13.0. The molecular weight excluding hydrogens is 420 g/mol. The average molecular weight is 442 g/mol. The number of aromatic nitrogens is 2. The van der Waals surface area contributed by atoms with Gasteiger partial charge in [0.1, 0.15) is 5.75 Å². The van der Waals surface area contributed by atoms with E-state index in [2.05, 4.69) is 15.6 Å². The number of nitrogens with zero attached hydrogens (tertiary/aromatic N) is 2. The first-order chi connectivity index (χ1) is 15.9. The fourth-order valence-electron chi connectivity index (χ4n) is 4.33. The van der Waals surface area contributed by atoms with Crippen molar-refractivity contribution in [2.75, 3.05) is 7.11 Å². The monoisotopic (exact) mass is 442 g/mol. The number of ether oxygens (including phenoxy) is 1. The zero-order valence-electron chi connectivity index (χ0n) is 18.1. The summed E-state index contributed by atoms with van der Waals surface area (Å²) in [5.41, 5.74) is 1.99. The molecule has 0 unspecified atom stereocenters. The third-order valence-electron chi connectivity index (χ3n) is 6.08. The van der Waals surface area contributed by atoms with Crippen LogP contribution < -0.4 is 15.4 Å². The number of fused-ring (bicyclic) bond motifs is 1. The van der Waals surface area contributed by atoms with Crippen LogP contribution in [0, 0.1) is 6.92 Å². The Morgan fingerprint density at radius 1 is 1.12 bits per heavy atom. The number of aryl methyl sites for hydroxylation is 1. The first-order valence-corrected chi connectivity index (χ1v) is 10.4. The van der Waals surface area contributed by atoms with Crippen LogP contribution >= 0.6 is 0 Å². The van der Waals surface area contributed by atoms with E-state index in [0.717, 1.165) is 22.2 Å². The van der Waals surface area contributed by atoms with E-state index in [9.17, 15) is 14.7 Å². The third kappa shape index (κ3) is 3.36. The van der Waals surface area contributed by atoms with Crippen molar-refractivity contribution >= 4 is 22.7 Å². The summed E-state index contributed by atoms with van der Waals surface area (Å²) in [5.74, 6) is 0.111. The molecule has 3 N–H and O–H groups in total. The average Bonchev–Trinajstić information content (AvgIpc) is 3.29. The maximum Gasteiger partial charge on any atom is 0.322 e. The van der Waals surface area contributed by atoms with Gasteiger partial charge in [-0.05, 0) is 42.3 Å². The Morgan fingerprint density at radius 3 is 2.58 bits per heavy atom. The molecule has 0 radical (unpaired) electrons. The molecule has 2 aromatic heterocycles. The van der Waals surface area contributed by atoms with Crippen LogP contribution in [0.4, 0.5) is 4.79 Å². The van der Waals surface area contributed by atoms with Crippen molar-refractivity contribution in [3.8, 4) is 22.9 Å². The van der Waals surface area contributed by atoms with Gasteiger partial charge in [0.15, 0.2) is 11.4 Å². The minimum absolute atomic E-state index is 0.00929. The second kappa shape index (κ2) is 7.67. The SMILES string of the molecule is COc1ccc2cn(C[C@@]3(c4ccc(-c5ncccc5C)cc4)NC(=O)NC3=O)c(O)c2c1. The lowest BCUT2D eigenvalue weighted by atomic mass is 9.88. The third-order valence-corrected chi connectivity index (χ3v) is 6.08. The summed E-state index contributed by atoms with van der Waals surface area (Å²) >= 11 is 0. The van der Waals surface area contributed by atoms with E-state index >= 15 is 0 Å². The number of urea groups is 1. The van der Waals surface area contributed by atoms with Crippen LogP contribution in [-0.4, -0.2) is 33.7 Å². The van der Waals surface area contributed by atoms with Gasteiger partial charge in [-0.2, -0.15) is 0 Å². The highest BCUT2D eigenvalue weighted by molar-refractivity contribution is 6.07. The fraction of sp³-hybridized carbons (Fsp3) is 0.160. The van der Waals surface area contributed by atoms with Gasteiger partial charge in [0.25, 0.3) is 5.91 Å². The number of imide groups is 1. The molecule has 1 aliphatic rings. The van der Waals surface area contributed by atoms with Gasteiger partial charge in [-0.25, -0.2) is 4.79 Å². The molecule has 3 heterocycles. The van der Waals surface area contributed by atoms with Gasteiger partial charge in [-0.15, -0.1) is 0 Å². The van der Waals surface area contributed by atoms with E-state index in [4.69, 9.17) is 4.74 Å². The Balaban J connectivity index is 1.57. The number of nitrogens with one attached hydrogen (secondary N) is 2. The van der Waals surface area contributed by atoms with Gasteiger partial charge in [-0.1, -0.05) is 30.3 Å². The molecule has 5 rings (SSSR count). The molecule has 2 aromatic carbocycles. The number of amides is 3. The molecular formula is C25H22N4O4. The standard InChI is InChI=1S/C25H22N4O4/c1-15-4-3-11-26-21(15)16-5-8-18(9-6-16)25(23(31)27-24(32)28-25)14-29-13-17-7-10-19(33-2)12-20(17)22(29)30/h3-13,30H,14H2,1-2H3,(H2,27,28,31,32)/t25-/m0/s1. The van der Waals surface area contributed by atoms with E-state index in [1.807, 2.05) is 37.3 Å². The van der Waals surface area contributed by atoms with Crippen LogP contribution in [0.3, 0.4) is 0 Å². The molecule has 33 heavy (non-hydrogen) atoms. The van der Waals surface area contributed by atoms with Crippen LogP contribution in [0.5, 0.6) is 11.6 Å². The van der Waals surface area contributed by atoms with Crippen molar-refractivity contribution in [2.45, 2.75) is 19.0 Å². The quantitative estimate of drug-likeness (QED) is 0.411. The number of hydrogen-bond acceptors (Lipinski definition) is 5. The number of carbonyl (C=O) groups excluding carboxylic acids is 2. The molecule has 1 saturated heterocycles. The molecule has 0 spiro atoms. The zero-order chi connectivity index (χ0) is 23.2. The van der Waals surface area contributed by atoms with Crippen molar-refractivity contribution in [3.05, 3.63) is 78.1 Å². The summed E-state index contributed by atoms with van der Waals surface area (Å²) in [7, 11) is 1.55. The zero-order valence-corrected chi connectivity index (χ0v) is 18.1. The van der Waals surface area contributed by atoms with Crippen LogP contribution in [0.15, 0.2) is 67.0 Å². The Bertz CT molecular complexity index is 1390. The van der Waals surface area contributed by atoms with Crippen LogP contribution in [0.25, 0.3) is 22.0 Å². The van der Waals surface area contributed by atoms with Crippen LogP contribution in [0.2, 0.25) is 0 Å². The van der Waals surface area contributed by atoms with E-state index < -0.39 is 17.5 Å². The number of aromatic hydroxyl groups is 1. The van der Waals surface area contributed by atoms with Crippen molar-refractivity contribution in [2.24, 2.45) is 0 Å². The summed E-state index contributed by atoms with van der Waals surface area (Å²) in [4.78, 5) is 29.6. The van der Waals surface area contributed by atoms with Gasteiger partial charge in [0.2, 0.25) is 0 Å². The Hall–Kier alpha value is -4.33. The molecule has 4 aromatic rings. The lowest BCUT2D eigenvalue weighted by Gasteiger charge is -2.27. The number of benzene rings is 2. The Labute approximate surface area is 189 Å². The minimum atomic E-state index is -1.38. The molecule has 1 atom stereocenters. The van der Waals surface area contributed by atoms with E-state index in [1.54, 1.807) is 48.3 Å².